The Kier molecular flexibility index (Phi) is 13.8. The van der Waals surface area contributed by atoms with Crippen LogP contribution in [0.1, 0.15) is 56.1 Å². The molecule has 0 radical (unpaired) electrons. The summed E-state index contributed by atoms with van der Waals surface area (Å²) in [6.07, 6.45) is 3.08. The van der Waals surface area contributed by atoms with E-state index in [1.165, 1.54) is 9.80 Å². The summed E-state index contributed by atoms with van der Waals surface area (Å²) >= 11 is 0. The first-order valence-electron chi connectivity index (χ1n) is 22.7. The van der Waals surface area contributed by atoms with Gasteiger partial charge in [-0.25, -0.2) is 9.97 Å². The third kappa shape index (κ3) is 11.0. The number of nitrogens with zero attached hydrogens (tertiary/aromatic N) is 8. The predicted molar refractivity (Wildman–Crippen MR) is 258 cm³/mol. The molecule has 2 aromatic heterocycles. The number of rotatable bonds is 10. The number of benzene rings is 4. The first-order chi connectivity index (χ1) is 33.5. The number of likely N-dealkylation sites (N-methyl/N-ethyl adjacent to an activating group) is 2. The largest absolute Gasteiger partial charge is 0.489 e. The van der Waals surface area contributed by atoms with Gasteiger partial charge >= 0.3 is 0 Å². The van der Waals surface area contributed by atoms with Crippen molar-refractivity contribution in [3.8, 4) is 35.2 Å². The highest BCUT2D eigenvalue weighted by Crippen LogP contribution is 2.34. The molecular formula is C52H51N11O6. The number of H-pyrrole nitrogens is 1. The quantitative estimate of drug-likeness (QED) is 0.172. The van der Waals surface area contributed by atoms with Crippen LogP contribution in [-0.2, 0) is 22.6 Å². The van der Waals surface area contributed by atoms with Gasteiger partial charge in [-0.05, 0) is 54.4 Å². The molecular weight excluding hydrogens is 875 g/mol. The molecule has 69 heavy (non-hydrogen) atoms. The van der Waals surface area contributed by atoms with E-state index in [1.807, 2.05) is 89.5 Å². The lowest BCUT2D eigenvalue weighted by molar-refractivity contribution is -0.121. The molecule has 0 saturated carbocycles. The summed E-state index contributed by atoms with van der Waals surface area (Å²) in [5.74, 6) is 12.9. The smallest absolute Gasteiger partial charge is 0.291 e. The van der Waals surface area contributed by atoms with Crippen molar-refractivity contribution in [2.24, 2.45) is 0 Å². The average molecular weight is 926 g/mol. The number of nitrogens with one attached hydrogen (secondary N) is 3. The van der Waals surface area contributed by atoms with Crippen LogP contribution in [0, 0.1) is 23.7 Å². The fourth-order valence-electron chi connectivity index (χ4n) is 8.29. The number of amides is 4. The van der Waals surface area contributed by atoms with E-state index in [-0.39, 0.29) is 29.9 Å². The SMILES string of the molecule is C[C@H]1Oc2ccc(C#CCN3CCN(CC#Cc4ccc5c(c4)N(C)C(=O)[C@@H](NC(=O)c4cn(Cc6ccccc6)cn4)CO5)CC3)cc2N(C)C(=O)[C@H]1NC(=O)c1n[nH]c(Cc2ccccc2)n1. The lowest BCUT2D eigenvalue weighted by Crippen LogP contribution is -2.53. The molecule has 0 bridgehead atoms. The molecule has 17 heteroatoms. The average Bonchev–Trinajstić information content (AvgIpc) is 4.01. The van der Waals surface area contributed by atoms with Crippen LogP contribution in [0.5, 0.6) is 11.5 Å². The van der Waals surface area contributed by atoms with E-state index < -0.39 is 30.0 Å². The van der Waals surface area contributed by atoms with Gasteiger partial charge < -0.3 is 34.5 Å². The third-order valence-electron chi connectivity index (χ3n) is 12.2. The number of hydrogen-bond donors (Lipinski definition) is 3. The standard InChI is InChI=1S/C52H51N11O6/c1-35-47(56-50(65)48-55-46(57-58-48)30-36-12-6-4-7-13-36)52(67)60(3)43-29-38(19-21-45(43)69-35)17-11-23-62-26-24-61(25-27-62)22-10-16-37-18-20-44-42(28-37)59(2)51(66)41(33-68-44)54-49(64)40-32-63(34-53-40)31-39-14-8-5-9-15-39/h4-9,12-15,18-21,28-29,32,34-35,41,47H,22-27,30-31,33H2,1-3H3,(H,54,64)(H,56,65)(H,55,57,58)/t35-,41+,47+/m1/s1. The van der Waals surface area contributed by atoms with E-state index >= 15 is 0 Å². The molecule has 3 N–H and O–H groups in total. The van der Waals surface area contributed by atoms with Gasteiger partial charge in [-0.1, -0.05) is 84.3 Å². The van der Waals surface area contributed by atoms with E-state index in [9.17, 15) is 19.2 Å². The summed E-state index contributed by atoms with van der Waals surface area (Å²) in [7, 11) is 3.32. The van der Waals surface area contributed by atoms with Crippen molar-refractivity contribution in [3.63, 3.8) is 0 Å². The highest BCUT2D eigenvalue weighted by molar-refractivity contribution is 6.04. The molecule has 9 rings (SSSR count). The lowest BCUT2D eigenvalue weighted by atomic mass is 10.1. The van der Waals surface area contributed by atoms with Crippen molar-refractivity contribution in [1.82, 2.24) is 45.2 Å². The van der Waals surface area contributed by atoms with E-state index in [0.717, 1.165) is 48.4 Å². The molecule has 3 aliphatic heterocycles. The van der Waals surface area contributed by atoms with Crippen molar-refractivity contribution in [3.05, 3.63) is 149 Å². The molecule has 350 valence electrons. The number of hydrogen-bond acceptors (Lipinski definition) is 11. The van der Waals surface area contributed by atoms with E-state index in [4.69, 9.17) is 9.47 Å². The van der Waals surface area contributed by atoms with Gasteiger partial charge in [-0.2, -0.15) is 0 Å². The summed E-state index contributed by atoms with van der Waals surface area (Å²) in [4.78, 5) is 69.8. The van der Waals surface area contributed by atoms with Crippen LogP contribution in [0.25, 0.3) is 0 Å². The summed E-state index contributed by atoms with van der Waals surface area (Å²) in [5.41, 5.74) is 4.93. The minimum atomic E-state index is -0.978. The molecule has 4 aromatic carbocycles. The van der Waals surface area contributed by atoms with Crippen molar-refractivity contribution in [2.45, 2.75) is 38.1 Å². The van der Waals surface area contributed by atoms with Gasteiger partial charge in [0.25, 0.3) is 23.6 Å². The number of carbonyl (C=O) groups excluding carboxylic acids is 4. The number of anilines is 2. The second-order valence-corrected chi connectivity index (χ2v) is 17.1. The van der Waals surface area contributed by atoms with Crippen LogP contribution in [0.4, 0.5) is 11.4 Å². The van der Waals surface area contributed by atoms with Crippen molar-refractivity contribution in [1.29, 1.82) is 0 Å². The van der Waals surface area contributed by atoms with Crippen LogP contribution < -0.4 is 29.9 Å². The zero-order valence-corrected chi connectivity index (χ0v) is 38.5. The molecule has 0 unspecified atom stereocenters. The minimum absolute atomic E-state index is 0.0219. The van der Waals surface area contributed by atoms with Crippen LogP contribution in [0.15, 0.2) is 110 Å². The Bertz CT molecular complexity index is 2980. The van der Waals surface area contributed by atoms with Crippen molar-refractivity contribution in [2.75, 3.05) is 69.8 Å². The highest BCUT2D eigenvalue weighted by Gasteiger charge is 2.37. The zero-order chi connectivity index (χ0) is 47.9. The molecule has 6 aromatic rings. The number of imidazole rings is 1. The Labute approximate surface area is 399 Å². The number of fused-ring (bicyclic) bond motifs is 2. The Morgan fingerprint density at radius 2 is 1.36 bits per heavy atom. The van der Waals surface area contributed by atoms with Crippen LogP contribution in [0.2, 0.25) is 0 Å². The van der Waals surface area contributed by atoms with Crippen LogP contribution in [0.3, 0.4) is 0 Å². The van der Waals surface area contributed by atoms with Gasteiger partial charge in [-0.15, -0.1) is 5.10 Å². The Balaban J connectivity index is 0.731. The first kappa shape index (κ1) is 45.9. The predicted octanol–water partition coefficient (Wildman–Crippen LogP) is 3.36. The van der Waals surface area contributed by atoms with Crippen LogP contribution in [-0.4, -0.2) is 136 Å². The van der Waals surface area contributed by atoms with Crippen molar-refractivity contribution < 1.29 is 28.7 Å². The summed E-state index contributed by atoms with van der Waals surface area (Å²) in [5, 5.41) is 12.5. The van der Waals surface area contributed by atoms with Gasteiger partial charge in [-0.3, -0.25) is 34.1 Å². The van der Waals surface area contributed by atoms with E-state index in [0.29, 0.717) is 54.8 Å². The second-order valence-electron chi connectivity index (χ2n) is 17.1. The third-order valence-corrected chi connectivity index (χ3v) is 12.2. The number of carbonyl (C=O) groups is 4. The van der Waals surface area contributed by atoms with E-state index in [1.54, 1.807) is 45.7 Å². The summed E-state index contributed by atoms with van der Waals surface area (Å²) in [6.45, 7) is 6.77. The Morgan fingerprint density at radius 3 is 2.03 bits per heavy atom. The highest BCUT2D eigenvalue weighted by atomic mass is 16.5. The summed E-state index contributed by atoms with van der Waals surface area (Å²) in [6, 6.07) is 28.7. The van der Waals surface area contributed by atoms with Gasteiger partial charge in [0.05, 0.1) is 30.8 Å². The number of ether oxygens (including phenoxy) is 2. The fourth-order valence-corrected chi connectivity index (χ4v) is 8.29. The van der Waals surface area contributed by atoms with Gasteiger partial charge in [0.15, 0.2) is 0 Å². The van der Waals surface area contributed by atoms with Gasteiger partial charge in [0, 0.05) is 70.6 Å². The summed E-state index contributed by atoms with van der Waals surface area (Å²) < 4.78 is 14.0. The maximum atomic E-state index is 13.7. The molecule has 4 amide bonds. The number of piperazine rings is 1. The number of aromatic nitrogens is 5. The van der Waals surface area contributed by atoms with E-state index in [2.05, 4.69) is 64.3 Å². The van der Waals surface area contributed by atoms with Crippen LogP contribution >= 0.6 is 0 Å². The fraction of sp³-hybridized carbons (Fsp3) is 0.288. The zero-order valence-electron chi connectivity index (χ0n) is 38.5. The molecule has 17 nitrogen and oxygen atoms in total. The maximum Gasteiger partial charge on any atom is 0.291 e. The second kappa shape index (κ2) is 20.7. The molecule has 0 aliphatic carbocycles. The van der Waals surface area contributed by atoms with Gasteiger partial charge in [0.1, 0.15) is 47.8 Å². The lowest BCUT2D eigenvalue weighted by Gasteiger charge is -2.32. The minimum Gasteiger partial charge on any atom is -0.489 e. The molecule has 1 fully saturated rings. The molecule has 3 atom stereocenters. The number of aromatic amines is 1. The Hall–Kier alpha value is -8.25. The van der Waals surface area contributed by atoms with Crippen molar-refractivity contribution >= 4 is 35.0 Å². The first-order valence-corrected chi connectivity index (χ1v) is 22.7. The molecule has 1 saturated heterocycles. The maximum absolute atomic E-state index is 13.7. The monoisotopic (exact) mass is 925 g/mol. The Morgan fingerprint density at radius 1 is 0.754 bits per heavy atom. The molecule has 5 heterocycles. The van der Waals surface area contributed by atoms with Gasteiger partial charge in [0.2, 0.25) is 5.82 Å². The molecule has 0 spiro atoms. The molecule has 3 aliphatic rings. The topological polar surface area (TPSA) is 183 Å². The normalized spacial score (nSPS) is 18.2.